The highest BCUT2D eigenvalue weighted by Crippen LogP contribution is 2.25. The third-order valence-electron chi connectivity index (χ3n) is 5.71. The fourth-order valence-electron chi connectivity index (χ4n) is 4.01. The number of hydrogen-bond donors (Lipinski definition) is 3. The summed E-state index contributed by atoms with van der Waals surface area (Å²) in [6.07, 6.45) is 7.55. The number of amides is 1. The van der Waals surface area contributed by atoms with E-state index in [1.165, 1.54) is 22.3 Å². The summed E-state index contributed by atoms with van der Waals surface area (Å²) in [5.41, 5.74) is 0.289. The van der Waals surface area contributed by atoms with E-state index in [2.05, 4.69) is 5.32 Å². The maximum atomic E-state index is 12.8. The second kappa shape index (κ2) is 10.9. The predicted octanol–water partition coefficient (Wildman–Crippen LogP) is 2.32. The number of nitrogens with zero attached hydrogens (tertiary/aromatic N) is 2. The quantitative estimate of drug-likeness (QED) is 0.422. The number of carbonyl (C=O) groups excluding carboxylic acids is 1. The smallest absolute Gasteiger partial charge is 0.332 e. The normalized spacial score (nSPS) is 17.2. The minimum Gasteiger partial charge on any atom is -0.389 e. The molecule has 3 rings (SSSR count). The Morgan fingerprint density at radius 3 is 2.61 bits per heavy atom. The van der Waals surface area contributed by atoms with Crippen molar-refractivity contribution in [1.29, 1.82) is 0 Å². The van der Waals surface area contributed by atoms with Crippen LogP contribution in [0, 0.1) is 5.92 Å². The zero-order chi connectivity index (χ0) is 22.4. The van der Waals surface area contributed by atoms with E-state index in [0.717, 1.165) is 38.5 Å². The van der Waals surface area contributed by atoms with Crippen LogP contribution in [0.3, 0.4) is 0 Å². The maximum Gasteiger partial charge on any atom is 0.332 e. The van der Waals surface area contributed by atoms with Crippen molar-refractivity contribution in [1.82, 2.24) is 14.5 Å². The summed E-state index contributed by atoms with van der Waals surface area (Å²) in [4.78, 5) is 25.5. The van der Waals surface area contributed by atoms with E-state index in [4.69, 9.17) is 16.3 Å². The van der Waals surface area contributed by atoms with Gasteiger partial charge in [0.25, 0.3) is 5.91 Å². The van der Waals surface area contributed by atoms with Gasteiger partial charge in [0, 0.05) is 25.4 Å². The molecule has 9 heteroatoms. The monoisotopic (exact) mass is 451 g/mol. The molecule has 1 aliphatic rings. The first-order chi connectivity index (χ1) is 14.9. The van der Waals surface area contributed by atoms with E-state index in [9.17, 15) is 19.8 Å². The van der Waals surface area contributed by atoms with Gasteiger partial charge in [-0.05, 0) is 31.0 Å². The van der Waals surface area contributed by atoms with Crippen LogP contribution in [0.15, 0.2) is 35.4 Å². The van der Waals surface area contributed by atoms with Crippen molar-refractivity contribution in [2.45, 2.75) is 57.4 Å². The van der Waals surface area contributed by atoms with Crippen LogP contribution >= 0.6 is 11.6 Å². The maximum absolute atomic E-state index is 12.8. The standard InChI is InChI=1S/C22H30ClN3O5/c1-31-14-17(27)13-25-10-11-26(22(25)30)16-8-9-19(23)18(12-16)21(29)24-20(28)15-6-4-2-3-5-7-15/h8-12,15,17,20,27-28H,2-7,13-14H2,1H3,(H,24,29). The van der Waals surface area contributed by atoms with E-state index in [-0.39, 0.29) is 35.3 Å². The second-order valence-electron chi connectivity index (χ2n) is 8.05. The lowest BCUT2D eigenvalue weighted by Crippen LogP contribution is -2.40. The van der Waals surface area contributed by atoms with Crippen LogP contribution in [0.1, 0.15) is 48.9 Å². The molecule has 1 aliphatic carbocycles. The van der Waals surface area contributed by atoms with E-state index < -0.39 is 18.2 Å². The highest BCUT2D eigenvalue weighted by molar-refractivity contribution is 6.33. The van der Waals surface area contributed by atoms with Gasteiger partial charge in [-0.2, -0.15) is 0 Å². The summed E-state index contributed by atoms with van der Waals surface area (Å²) in [5, 5.41) is 23.3. The van der Waals surface area contributed by atoms with Crippen LogP contribution in [0.4, 0.5) is 0 Å². The number of imidazole rings is 1. The van der Waals surface area contributed by atoms with E-state index in [1.54, 1.807) is 24.5 Å². The molecule has 0 bridgehead atoms. The fraction of sp³-hybridized carbons (Fsp3) is 0.545. The summed E-state index contributed by atoms with van der Waals surface area (Å²) in [6, 6.07) is 4.71. The fourth-order valence-corrected chi connectivity index (χ4v) is 4.22. The van der Waals surface area contributed by atoms with Gasteiger partial charge in [0.15, 0.2) is 0 Å². The molecule has 0 aliphatic heterocycles. The number of nitrogens with one attached hydrogen (secondary N) is 1. The van der Waals surface area contributed by atoms with Crippen LogP contribution in [-0.4, -0.2) is 51.3 Å². The number of carbonyl (C=O) groups is 1. The lowest BCUT2D eigenvalue weighted by molar-refractivity contribution is 0.0529. The van der Waals surface area contributed by atoms with Crippen LogP contribution in [-0.2, 0) is 11.3 Å². The number of ether oxygens (including phenoxy) is 1. The summed E-state index contributed by atoms with van der Waals surface area (Å²) in [7, 11) is 1.48. The first-order valence-electron chi connectivity index (χ1n) is 10.6. The summed E-state index contributed by atoms with van der Waals surface area (Å²) < 4.78 is 7.63. The molecule has 0 radical (unpaired) electrons. The number of aromatic nitrogens is 2. The van der Waals surface area contributed by atoms with Crippen LogP contribution < -0.4 is 11.0 Å². The van der Waals surface area contributed by atoms with Gasteiger partial charge in [0.1, 0.15) is 6.23 Å². The molecule has 31 heavy (non-hydrogen) atoms. The number of benzene rings is 1. The van der Waals surface area contributed by atoms with Gasteiger partial charge in [-0.3, -0.25) is 13.9 Å². The van der Waals surface area contributed by atoms with Gasteiger partial charge >= 0.3 is 5.69 Å². The highest BCUT2D eigenvalue weighted by atomic mass is 35.5. The Labute approximate surface area is 186 Å². The number of hydrogen-bond acceptors (Lipinski definition) is 5. The van der Waals surface area contributed by atoms with Crippen molar-refractivity contribution in [3.63, 3.8) is 0 Å². The van der Waals surface area contributed by atoms with Gasteiger partial charge in [0.2, 0.25) is 0 Å². The Balaban J connectivity index is 1.76. The third-order valence-corrected chi connectivity index (χ3v) is 6.04. The van der Waals surface area contributed by atoms with Crippen LogP contribution in [0.5, 0.6) is 0 Å². The molecule has 2 atom stereocenters. The van der Waals surface area contributed by atoms with E-state index >= 15 is 0 Å². The number of methoxy groups -OCH3 is 1. The summed E-state index contributed by atoms with van der Waals surface area (Å²) in [5.74, 6) is -0.449. The molecule has 1 heterocycles. The molecular weight excluding hydrogens is 422 g/mol. The zero-order valence-electron chi connectivity index (χ0n) is 17.7. The first kappa shape index (κ1) is 23.5. The lowest BCUT2D eigenvalue weighted by Gasteiger charge is -2.22. The first-order valence-corrected chi connectivity index (χ1v) is 11.0. The topological polar surface area (TPSA) is 106 Å². The molecule has 1 fully saturated rings. The third kappa shape index (κ3) is 5.98. The Hall–Kier alpha value is -2.13. The number of halogens is 1. The van der Waals surface area contributed by atoms with Gasteiger partial charge in [0.05, 0.1) is 35.5 Å². The molecule has 2 aromatic rings. The van der Waals surface area contributed by atoms with Crippen molar-refractivity contribution in [2.24, 2.45) is 5.92 Å². The molecular formula is C22H30ClN3O5. The average Bonchev–Trinajstić information content (AvgIpc) is 2.94. The average molecular weight is 452 g/mol. The highest BCUT2D eigenvalue weighted by Gasteiger charge is 2.24. The van der Waals surface area contributed by atoms with Gasteiger partial charge in [-0.1, -0.05) is 37.3 Å². The number of aliphatic hydroxyl groups is 2. The molecule has 0 saturated heterocycles. The largest absolute Gasteiger partial charge is 0.389 e. The zero-order valence-corrected chi connectivity index (χ0v) is 18.4. The molecule has 8 nitrogen and oxygen atoms in total. The Morgan fingerprint density at radius 2 is 1.94 bits per heavy atom. The van der Waals surface area contributed by atoms with Crippen molar-refractivity contribution >= 4 is 17.5 Å². The summed E-state index contributed by atoms with van der Waals surface area (Å²) in [6.45, 7) is 0.209. The molecule has 1 saturated carbocycles. The molecule has 0 spiro atoms. The molecule has 2 unspecified atom stereocenters. The van der Waals surface area contributed by atoms with Gasteiger partial charge in [-0.15, -0.1) is 0 Å². The van der Waals surface area contributed by atoms with Crippen molar-refractivity contribution < 1.29 is 19.7 Å². The van der Waals surface area contributed by atoms with Gasteiger partial charge in [-0.25, -0.2) is 4.79 Å². The van der Waals surface area contributed by atoms with Crippen molar-refractivity contribution in [3.8, 4) is 5.69 Å². The minimum absolute atomic E-state index is 0.0311. The molecule has 1 aromatic heterocycles. The Morgan fingerprint density at radius 1 is 1.23 bits per heavy atom. The molecule has 1 amide bonds. The lowest BCUT2D eigenvalue weighted by atomic mass is 9.98. The van der Waals surface area contributed by atoms with Crippen LogP contribution in [0.25, 0.3) is 5.69 Å². The number of aliphatic hydroxyl groups excluding tert-OH is 2. The van der Waals surface area contributed by atoms with Crippen LogP contribution in [0.2, 0.25) is 5.02 Å². The minimum atomic E-state index is -0.934. The van der Waals surface area contributed by atoms with Crippen molar-refractivity contribution in [2.75, 3.05) is 13.7 Å². The number of rotatable bonds is 8. The van der Waals surface area contributed by atoms with E-state index in [0.29, 0.717) is 5.69 Å². The summed E-state index contributed by atoms with van der Waals surface area (Å²) >= 11 is 6.24. The Bertz CT molecular complexity index is 933. The second-order valence-corrected chi connectivity index (χ2v) is 8.45. The Kier molecular flexibility index (Phi) is 8.31. The van der Waals surface area contributed by atoms with Crippen molar-refractivity contribution in [3.05, 3.63) is 51.7 Å². The molecule has 170 valence electrons. The molecule has 3 N–H and O–H groups in total. The van der Waals surface area contributed by atoms with Gasteiger partial charge < -0.3 is 20.3 Å². The predicted molar refractivity (Wildman–Crippen MR) is 118 cm³/mol. The van der Waals surface area contributed by atoms with E-state index in [1.807, 2.05) is 0 Å². The molecule has 1 aromatic carbocycles. The SMILES string of the molecule is COCC(O)Cn1ccn(-c2ccc(Cl)c(C(=O)NC(O)C3CCCCCC3)c2)c1=O.